The number of thioether (sulfide) groups is 1. The van der Waals surface area contributed by atoms with Gasteiger partial charge in [-0.15, -0.1) is 11.8 Å². The van der Waals surface area contributed by atoms with Gasteiger partial charge in [0.25, 0.3) is 0 Å². The first-order valence-electron chi connectivity index (χ1n) is 9.66. The molecule has 0 bridgehead atoms. The van der Waals surface area contributed by atoms with Gasteiger partial charge in [-0.1, -0.05) is 54.6 Å². The zero-order chi connectivity index (χ0) is 20.1. The van der Waals surface area contributed by atoms with E-state index < -0.39 is 5.97 Å². The molecule has 0 saturated heterocycles. The number of hydrogen-bond acceptors (Lipinski definition) is 4. The Kier molecular flexibility index (Phi) is 6.17. The molecule has 148 valence electrons. The number of benzene rings is 3. The van der Waals surface area contributed by atoms with Crippen LogP contribution >= 0.6 is 11.8 Å². The highest BCUT2D eigenvalue weighted by Crippen LogP contribution is 2.44. The molecule has 4 nitrogen and oxygen atoms in total. The largest absolute Gasteiger partial charge is 0.489 e. The number of carboxylic acids is 1. The first-order valence-corrected chi connectivity index (χ1v) is 10.7. The van der Waals surface area contributed by atoms with E-state index in [4.69, 9.17) is 4.74 Å². The second kappa shape index (κ2) is 9.16. The average molecular weight is 406 g/mol. The van der Waals surface area contributed by atoms with Gasteiger partial charge in [0, 0.05) is 24.4 Å². The molecule has 1 atom stereocenters. The minimum atomic E-state index is -0.918. The van der Waals surface area contributed by atoms with Gasteiger partial charge in [0.05, 0.1) is 10.8 Å². The maximum absolute atomic E-state index is 11.5. The number of hydrogen-bond donors (Lipinski definition) is 2. The summed E-state index contributed by atoms with van der Waals surface area (Å²) >= 11 is 1.82. The Labute approximate surface area is 174 Å². The van der Waals surface area contributed by atoms with Crippen molar-refractivity contribution in [3.8, 4) is 5.75 Å². The first kappa shape index (κ1) is 19.6. The number of ether oxygens (including phenoxy) is 1. The van der Waals surface area contributed by atoms with Crippen molar-refractivity contribution in [1.29, 1.82) is 0 Å². The van der Waals surface area contributed by atoms with E-state index in [0.717, 1.165) is 35.7 Å². The van der Waals surface area contributed by atoms with Crippen LogP contribution in [-0.2, 0) is 13.2 Å². The Balaban J connectivity index is 1.51. The molecule has 0 amide bonds. The maximum atomic E-state index is 11.5. The number of carbonyl (C=O) groups is 1. The third-order valence-corrected chi connectivity index (χ3v) is 6.28. The second-order valence-corrected chi connectivity index (χ2v) is 8.17. The Morgan fingerprint density at radius 2 is 1.83 bits per heavy atom. The van der Waals surface area contributed by atoms with E-state index >= 15 is 0 Å². The Bertz CT molecular complexity index is 990. The number of aromatic carboxylic acids is 1. The summed E-state index contributed by atoms with van der Waals surface area (Å²) in [6.45, 7) is 2.21. The van der Waals surface area contributed by atoms with Crippen molar-refractivity contribution in [2.24, 2.45) is 0 Å². The molecule has 4 rings (SSSR count). The Morgan fingerprint density at radius 3 is 2.66 bits per heavy atom. The van der Waals surface area contributed by atoms with Gasteiger partial charge in [-0.05, 0) is 34.9 Å². The molecule has 0 aromatic heterocycles. The number of fused-ring (bicyclic) bond motifs is 2. The summed E-state index contributed by atoms with van der Waals surface area (Å²) in [7, 11) is 0. The van der Waals surface area contributed by atoms with Crippen LogP contribution in [0.5, 0.6) is 5.75 Å². The zero-order valence-electron chi connectivity index (χ0n) is 16.0. The fourth-order valence-electron chi connectivity index (χ4n) is 3.52. The summed E-state index contributed by atoms with van der Waals surface area (Å²) in [5, 5.41) is 13.0. The number of carboxylic acid groups (broad SMARTS) is 1. The van der Waals surface area contributed by atoms with E-state index in [2.05, 4.69) is 29.6 Å². The monoisotopic (exact) mass is 405 g/mol. The predicted molar refractivity (Wildman–Crippen MR) is 117 cm³/mol. The highest BCUT2D eigenvalue weighted by Gasteiger charge is 2.26. The lowest BCUT2D eigenvalue weighted by Gasteiger charge is -2.19. The summed E-state index contributed by atoms with van der Waals surface area (Å²) in [6, 6.07) is 23.8. The molecule has 0 spiro atoms. The van der Waals surface area contributed by atoms with E-state index in [1.807, 2.05) is 42.1 Å². The molecule has 3 aromatic rings. The molecule has 1 unspecified atom stereocenters. The summed E-state index contributed by atoms with van der Waals surface area (Å²) in [6.07, 6.45) is 0. The summed E-state index contributed by atoms with van der Waals surface area (Å²) in [5.41, 5.74) is 4.83. The first-order chi connectivity index (χ1) is 14.2. The van der Waals surface area contributed by atoms with Gasteiger partial charge in [0.15, 0.2) is 0 Å². The van der Waals surface area contributed by atoms with Crippen molar-refractivity contribution >= 4 is 17.7 Å². The maximum Gasteiger partial charge on any atom is 0.335 e. The average Bonchev–Trinajstić information content (AvgIpc) is 2.91. The van der Waals surface area contributed by atoms with E-state index in [1.54, 1.807) is 18.2 Å². The predicted octanol–water partition coefficient (Wildman–Crippen LogP) is 4.89. The summed E-state index contributed by atoms with van der Waals surface area (Å²) < 4.78 is 6.00. The van der Waals surface area contributed by atoms with Crippen molar-refractivity contribution in [2.45, 2.75) is 18.4 Å². The molecular weight excluding hydrogens is 382 g/mol. The minimum Gasteiger partial charge on any atom is -0.489 e. The number of nitrogens with one attached hydrogen (secondary N) is 1. The van der Waals surface area contributed by atoms with Gasteiger partial charge in [0.2, 0.25) is 0 Å². The van der Waals surface area contributed by atoms with Crippen molar-refractivity contribution in [1.82, 2.24) is 5.32 Å². The normalized spacial score (nSPS) is 15.0. The summed E-state index contributed by atoms with van der Waals surface area (Å²) in [4.78, 5) is 11.5. The van der Waals surface area contributed by atoms with Crippen LogP contribution in [0.3, 0.4) is 0 Å². The van der Waals surface area contributed by atoms with Crippen LogP contribution in [0.25, 0.3) is 0 Å². The second-order valence-electron chi connectivity index (χ2n) is 6.96. The van der Waals surface area contributed by atoms with Crippen LogP contribution < -0.4 is 10.1 Å². The number of rotatable bonds is 7. The van der Waals surface area contributed by atoms with Gasteiger partial charge < -0.3 is 15.2 Å². The van der Waals surface area contributed by atoms with Crippen molar-refractivity contribution in [3.63, 3.8) is 0 Å². The van der Waals surface area contributed by atoms with Gasteiger partial charge in [0.1, 0.15) is 12.4 Å². The lowest BCUT2D eigenvalue weighted by Crippen LogP contribution is -2.17. The van der Waals surface area contributed by atoms with E-state index in [1.165, 1.54) is 11.1 Å². The Hall–Kier alpha value is -2.76. The van der Waals surface area contributed by atoms with Gasteiger partial charge in [-0.2, -0.15) is 0 Å². The van der Waals surface area contributed by atoms with Crippen molar-refractivity contribution in [3.05, 3.63) is 101 Å². The minimum absolute atomic E-state index is 0.0431. The van der Waals surface area contributed by atoms with Crippen LogP contribution in [0, 0.1) is 0 Å². The quantitative estimate of drug-likeness (QED) is 0.548. The van der Waals surface area contributed by atoms with Gasteiger partial charge in [-0.25, -0.2) is 4.79 Å². The molecule has 0 radical (unpaired) electrons. The van der Waals surface area contributed by atoms with Gasteiger partial charge >= 0.3 is 5.97 Å². The van der Waals surface area contributed by atoms with Crippen LogP contribution in [-0.4, -0.2) is 23.4 Å². The summed E-state index contributed by atoms with van der Waals surface area (Å²) in [5.74, 6) is 0.752. The van der Waals surface area contributed by atoms with Crippen LogP contribution in [0.15, 0.2) is 72.8 Å². The third kappa shape index (κ3) is 4.63. The molecule has 3 aromatic carbocycles. The topological polar surface area (TPSA) is 58.6 Å². The molecule has 0 fully saturated rings. The standard InChI is InChI=1S/C24H23NO3S/c26-24(27)18-10-11-22-21(14-18)23(20-9-5-4-8-19(20)16-28-22)29-13-12-25-15-17-6-2-1-3-7-17/h1-11,14,23,25H,12-13,15-16H2,(H,26,27). The molecule has 0 saturated carbocycles. The fraction of sp³-hybridized carbons (Fsp3) is 0.208. The zero-order valence-corrected chi connectivity index (χ0v) is 16.8. The lowest BCUT2D eigenvalue weighted by molar-refractivity contribution is 0.0696. The molecule has 2 N–H and O–H groups in total. The van der Waals surface area contributed by atoms with Crippen LogP contribution in [0.4, 0.5) is 0 Å². The molecule has 5 heteroatoms. The Morgan fingerprint density at radius 1 is 1.03 bits per heavy atom. The molecule has 29 heavy (non-hydrogen) atoms. The van der Waals surface area contributed by atoms with Crippen molar-refractivity contribution in [2.75, 3.05) is 12.3 Å². The van der Waals surface area contributed by atoms with Crippen molar-refractivity contribution < 1.29 is 14.6 Å². The molecule has 1 aliphatic rings. The third-order valence-electron chi connectivity index (χ3n) is 5.00. The van der Waals surface area contributed by atoms with E-state index in [-0.39, 0.29) is 5.25 Å². The van der Waals surface area contributed by atoms with E-state index in [9.17, 15) is 9.90 Å². The van der Waals surface area contributed by atoms with Crippen LogP contribution in [0.2, 0.25) is 0 Å². The van der Waals surface area contributed by atoms with E-state index in [0.29, 0.717) is 12.2 Å². The SMILES string of the molecule is O=C(O)c1ccc2c(c1)C(SCCNCc1ccccc1)c1ccccc1CO2. The molecule has 1 heterocycles. The fourth-order valence-corrected chi connectivity index (χ4v) is 4.79. The highest BCUT2D eigenvalue weighted by molar-refractivity contribution is 7.99. The smallest absolute Gasteiger partial charge is 0.335 e. The van der Waals surface area contributed by atoms with Gasteiger partial charge in [-0.3, -0.25) is 0 Å². The molecule has 1 aliphatic heterocycles. The van der Waals surface area contributed by atoms with Crippen LogP contribution in [0.1, 0.15) is 37.9 Å². The highest BCUT2D eigenvalue weighted by atomic mass is 32.2. The molecule has 0 aliphatic carbocycles. The molecular formula is C24H23NO3S. The lowest BCUT2D eigenvalue weighted by atomic mass is 9.98.